The first-order valence-electron chi connectivity index (χ1n) is 7.40. The fraction of sp³-hybridized carbons (Fsp3) is 0.294. The second-order valence-electron chi connectivity index (χ2n) is 5.65. The van der Waals surface area contributed by atoms with Crippen LogP contribution in [0.3, 0.4) is 0 Å². The van der Waals surface area contributed by atoms with Crippen molar-refractivity contribution in [3.05, 3.63) is 58.9 Å². The minimum atomic E-state index is -0.211. The standard InChI is InChI=1S/C17H19N3O2/c18-14-4-5-16-13(7-14)8-15(9-19-16)20-17(22)12-3-1-2-11(6-12)10-21/h1-3,6,8-9,14,21H,4-5,7,10,18H2,(H,20,22). The first-order chi connectivity index (χ1) is 10.7. The number of aryl methyl sites for hydroxylation is 1. The van der Waals surface area contributed by atoms with E-state index in [4.69, 9.17) is 10.8 Å². The quantitative estimate of drug-likeness (QED) is 0.803. The third-order valence-corrected chi connectivity index (χ3v) is 3.92. The van der Waals surface area contributed by atoms with Gasteiger partial charge in [0.15, 0.2) is 0 Å². The van der Waals surface area contributed by atoms with Gasteiger partial charge in [-0.05, 0) is 48.6 Å². The highest BCUT2D eigenvalue weighted by molar-refractivity contribution is 6.04. The molecule has 3 rings (SSSR count). The van der Waals surface area contributed by atoms with Gasteiger partial charge in [-0.25, -0.2) is 0 Å². The zero-order chi connectivity index (χ0) is 15.5. The van der Waals surface area contributed by atoms with Crippen LogP contribution in [0.1, 0.15) is 33.6 Å². The Bertz CT molecular complexity index is 700. The van der Waals surface area contributed by atoms with E-state index in [1.165, 1.54) is 0 Å². The van der Waals surface area contributed by atoms with Crippen LogP contribution in [0.5, 0.6) is 0 Å². The molecular weight excluding hydrogens is 278 g/mol. The first-order valence-corrected chi connectivity index (χ1v) is 7.40. The summed E-state index contributed by atoms with van der Waals surface area (Å²) in [4.78, 5) is 16.7. The van der Waals surface area contributed by atoms with Gasteiger partial charge < -0.3 is 16.2 Å². The number of carbonyl (C=O) groups excluding carboxylic acids is 1. The van der Waals surface area contributed by atoms with Gasteiger partial charge in [0.05, 0.1) is 18.5 Å². The van der Waals surface area contributed by atoms with E-state index < -0.39 is 0 Å². The topological polar surface area (TPSA) is 88.2 Å². The molecule has 5 heteroatoms. The summed E-state index contributed by atoms with van der Waals surface area (Å²) in [6.45, 7) is -0.0839. The highest BCUT2D eigenvalue weighted by Gasteiger charge is 2.17. The third kappa shape index (κ3) is 3.16. The number of nitrogens with one attached hydrogen (secondary N) is 1. The summed E-state index contributed by atoms with van der Waals surface area (Å²) >= 11 is 0. The van der Waals surface area contributed by atoms with Crippen molar-refractivity contribution in [1.29, 1.82) is 0 Å². The maximum atomic E-state index is 12.3. The summed E-state index contributed by atoms with van der Waals surface area (Å²) in [7, 11) is 0. The molecule has 0 saturated carbocycles. The number of hydrogen-bond donors (Lipinski definition) is 3. The second-order valence-corrected chi connectivity index (χ2v) is 5.65. The van der Waals surface area contributed by atoms with E-state index in [2.05, 4.69) is 10.3 Å². The lowest BCUT2D eigenvalue weighted by molar-refractivity contribution is 0.102. The minimum Gasteiger partial charge on any atom is -0.392 e. The SMILES string of the molecule is NC1CCc2ncc(NC(=O)c3cccc(CO)c3)cc2C1. The minimum absolute atomic E-state index is 0.0839. The number of amides is 1. The molecule has 5 nitrogen and oxygen atoms in total. The van der Waals surface area contributed by atoms with Gasteiger partial charge in [-0.3, -0.25) is 9.78 Å². The molecule has 1 aliphatic carbocycles. The Morgan fingerprint density at radius 3 is 3.09 bits per heavy atom. The normalized spacial score (nSPS) is 16.9. The van der Waals surface area contributed by atoms with Crippen LogP contribution in [-0.2, 0) is 19.4 Å². The van der Waals surface area contributed by atoms with Gasteiger partial charge in [-0.15, -0.1) is 0 Å². The predicted molar refractivity (Wildman–Crippen MR) is 84.6 cm³/mol. The first kappa shape index (κ1) is 14.7. The lowest BCUT2D eigenvalue weighted by Crippen LogP contribution is -2.28. The number of pyridine rings is 1. The van der Waals surface area contributed by atoms with Crippen LogP contribution in [0.2, 0.25) is 0 Å². The van der Waals surface area contributed by atoms with Crippen molar-refractivity contribution in [2.75, 3.05) is 5.32 Å². The molecule has 114 valence electrons. The predicted octanol–water partition coefficient (Wildman–Crippen LogP) is 1.64. The molecule has 4 N–H and O–H groups in total. The van der Waals surface area contributed by atoms with Crippen LogP contribution in [0.4, 0.5) is 5.69 Å². The molecule has 1 heterocycles. The van der Waals surface area contributed by atoms with E-state index in [-0.39, 0.29) is 18.6 Å². The van der Waals surface area contributed by atoms with Crippen molar-refractivity contribution in [1.82, 2.24) is 4.98 Å². The number of rotatable bonds is 3. The summed E-state index contributed by atoms with van der Waals surface area (Å²) < 4.78 is 0. The van der Waals surface area contributed by atoms with Crippen molar-refractivity contribution in [3.63, 3.8) is 0 Å². The number of aromatic nitrogens is 1. The summed E-state index contributed by atoms with van der Waals surface area (Å²) in [5, 5.41) is 12.0. The third-order valence-electron chi connectivity index (χ3n) is 3.92. The fourth-order valence-corrected chi connectivity index (χ4v) is 2.73. The maximum Gasteiger partial charge on any atom is 0.255 e. The van der Waals surface area contributed by atoms with Crippen molar-refractivity contribution in [2.45, 2.75) is 31.9 Å². The van der Waals surface area contributed by atoms with Crippen molar-refractivity contribution in [2.24, 2.45) is 5.73 Å². The van der Waals surface area contributed by atoms with Crippen molar-refractivity contribution < 1.29 is 9.90 Å². The molecule has 0 radical (unpaired) electrons. The zero-order valence-corrected chi connectivity index (χ0v) is 12.2. The molecule has 0 fully saturated rings. The average Bonchev–Trinajstić information content (AvgIpc) is 2.54. The van der Waals surface area contributed by atoms with Crippen molar-refractivity contribution in [3.8, 4) is 0 Å². The Labute approximate surface area is 129 Å². The number of benzene rings is 1. The number of anilines is 1. The molecule has 1 atom stereocenters. The summed E-state index contributed by atoms with van der Waals surface area (Å²) in [6, 6.07) is 9.05. The van der Waals surface area contributed by atoms with E-state index >= 15 is 0 Å². The highest BCUT2D eigenvalue weighted by atomic mass is 16.3. The number of carbonyl (C=O) groups is 1. The van der Waals surface area contributed by atoms with E-state index in [9.17, 15) is 4.79 Å². The zero-order valence-electron chi connectivity index (χ0n) is 12.2. The Morgan fingerprint density at radius 2 is 2.27 bits per heavy atom. The molecule has 1 unspecified atom stereocenters. The van der Waals surface area contributed by atoms with Gasteiger partial charge in [0.1, 0.15) is 0 Å². The molecule has 22 heavy (non-hydrogen) atoms. The van der Waals surface area contributed by atoms with E-state index in [1.807, 2.05) is 6.07 Å². The van der Waals surface area contributed by atoms with Crippen LogP contribution >= 0.6 is 0 Å². The number of hydrogen-bond acceptors (Lipinski definition) is 4. The molecule has 1 amide bonds. The molecular formula is C17H19N3O2. The number of nitrogens with two attached hydrogens (primary N) is 1. The summed E-state index contributed by atoms with van der Waals surface area (Å²) in [6.07, 6.45) is 4.33. The van der Waals surface area contributed by atoms with E-state index in [0.29, 0.717) is 16.8 Å². The summed E-state index contributed by atoms with van der Waals surface area (Å²) in [5.41, 5.74) is 10.1. The van der Waals surface area contributed by atoms with Gasteiger partial charge in [0.25, 0.3) is 5.91 Å². The maximum absolute atomic E-state index is 12.3. The van der Waals surface area contributed by atoms with Gasteiger partial charge >= 0.3 is 0 Å². The van der Waals surface area contributed by atoms with E-state index in [1.54, 1.807) is 30.5 Å². The van der Waals surface area contributed by atoms with Gasteiger partial charge in [-0.1, -0.05) is 12.1 Å². The molecule has 0 spiro atoms. The Balaban J connectivity index is 1.78. The lowest BCUT2D eigenvalue weighted by atomic mass is 9.92. The Hall–Kier alpha value is -2.24. The molecule has 0 saturated heterocycles. The summed E-state index contributed by atoms with van der Waals surface area (Å²) in [5.74, 6) is -0.211. The second kappa shape index (κ2) is 6.25. The van der Waals surface area contributed by atoms with Crippen molar-refractivity contribution >= 4 is 11.6 Å². The average molecular weight is 297 g/mol. The molecule has 0 aliphatic heterocycles. The van der Waals surface area contributed by atoms with Crippen LogP contribution < -0.4 is 11.1 Å². The van der Waals surface area contributed by atoms with Gasteiger partial charge in [0, 0.05) is 17.3 Å². The smallest absolute Gasteiger partial charge is 0.255 e. The van der Waals surface area contributed by atoms with Crippen LogP contribution in [0.15, 0.2) is 36.5 Å². The lowest BCUT2D eigenvalue weighted by Gasteiger charge is -2.21. The molecule has 1 aromatic carbocycles. The molecule has 0 bridgehead atoms. The van der Waals surface area contributed by atoms with Gasteiger partial charge in [0.2, 0.25) is 0 Å². The Kier molecular flexibility index (Phi) is 4.18. The molecule has 1 aromatic heterocycles. The largest absolute Gasteiger partial charge is 0.392 e. The number of nitrogens with zero attached hydrogens (tertiary/aromatic N) is 1. The van der Waals surface area contributed by atoms with Crippen LogP contribution in [0, 0.1) is 0 Å². The molecule has 2 aromatic rings. The fourth-order valence-electron chi connectivity index (χ4n) is 2.73. The Morgan fingerprint density at radius 1 is 1.41 bits per heavy atom. The van der Waals surface area contributed by atoms with E-state index in [0.717, 1.165) is 30.5 Å². The van der Waals surface area contributed by atoms with Crippen LogP contribution in [0.25, 0.3) is 0 Å². The monoisotopic (exact) mass is 297 g/mol. The number of fused-ring (bicyclic) bond motifs is 1. The highest BCUT2D eigenvalue weighted by Crippen LogP contribution is 2.22. The number of aliphatic hydroxyl groups excluding tert-OH is 1. The van der Waals surface area contributed by atoms with Crippen LogP contribution in [-0.4, -0.2) is 22.0 Å². The van der Waals surface area contributed by atoms with Gasteiger partial charge in [-0.2, -0.15) is 0 Å². The number of aliphatic hydroxyl groups is 1. The molecule has 1 aliphatic rings.